The molecule has 0 saturated carbocycles. The minimum atomic E-state index is -0.511. The molecule has 0 fully saturated rings. The largest absolute Gasteiger partial charge is 0.493 e. The molecule has 4 atom stereocenters. The Morgan fingerprint density at radius 1 is 0.797 bits per heavy atom. The van der Waals surface area contributed by atoms with Gasteiger partial charge in [0.2, 0.25) is 0 Å². The Labute approximate surface area is 345 Å². The Morgan fingerprint density at radius 3 is 2.34 bits per heavy atom. The first kappa shape index (κ1) is 42.5. The highest BCUT2D eigenvalue weighted by atomic mass is 17.2. The number of rotatable bonds is 14. The molecule has 2 unspecified atom stereocenters. The van der Waals surface area contributed by atoms with Gasteiger partial charge in [0.25, 0.3) is 0 Å². The van der Waals surface area contributed by atoms with Crippen molar-refractivity contribution < 1.29 is 52.6 Å². The third kappa shape index (κ3) is 12.0. The molecule has 0 amide bonds. The fourth-order valence-corrected chi connectivity index (χ4v) is 7.37. The van der Waals surface area contributed by atoms with E-state index < -0.39 is 24.0 Å². The Kier molecular flexibility index (Phi) is 15.6. The molecule has 0 radical (unpaired) electrons. The first-order valence-electron chi connectivity index (χ1n) is 19.7. The van der Waals surface area contributed by atoms with Crippen LogP contribution in [0, 0.1) is 29.6 Å². The number of benzene rings is 3. The van der Waals surface area contributed by atoms with Gasteiger partial charge in [-0.05, 0) is 90.3 Å². The number of fused-ring (bicyclic) bond motifs is 7. The van der Waals surface area contributed by atoms with Crippen molar-refractivity contribution in [3.63, 3.8) is 0 Å². The molecule has 306 valence electrons. The van der Waals surface area contributed by atoms with Gasteiger partial charge < -0.3 is 28.4 Å². The SMILES string of the molecule is C=CC(=O)OCC#Cc1ccc2c(c1)CCC1OCC(OOCc3ccc(OCCCOC(=O)C=C)cc3)COc3ccc4c(c3[C@@H]21)CC[C@H](C#CCOC(=O)C=C)C4. The molecule has 1 aliphatic heterocycles. The van der Waals surface area contributed by atoms with Crippen molar-refractivity contribution >= 4 is 17.9 Å². The van der Waals surface area contributed by atoms with Gasteiger partial charge in [-0.25, -0.2) is 24.2 Å². The Hall–Kier alpha value is -6.11. The zero-order valence-electron chi connectivity index (χ0n) is 33.0. The van der Waals surface area contributed by atoms with Crippen molar-refractivity contribution in [1.82, 2.24) is 0 Å². The van der Waals surface area contributed by atoms with Crippen LogP contribution in [0.4, 0.5) is 0 Å². The second-order valence-corrected chi connectivity index (χ2v) is 14.1. The van der Waals surface area contributed by atoms with Crippen LogP contribution in [-0.4, -0.2) is 69.8 Å². The molecule has 11 nitrogen and oxygen atoms in total. The van der Waals surface area contributed by atoms with Gasteiger partial charge >= 0.3 is 17.9 Å². The predicted octanol–water partition coefficient (Wildman–Crippen LogP) is 6.48. The summed E-state index contributed by atoms with van der Waals surface area (Å²) in [6, 6.07) is 17.9. The first-order valence-corrected chi connectivity index (χ1v) is 19.7. The minimum Gasteiger partial charge on any atom is -0.493 e. The molecule has 3 aromatic rings. The van der Waals surface area contributed by atoms with Crippen molar-refractivity contribution in [1.29, 1.82) is 0 Å². The van der Waals surface area contributed by atoms with Gasteiger partial charge in [-0.1, -0.05) is 67.7 Å². The zero-order valence-corrected chi connectivity index (χ0v) is 33.0. The number of esters is 3. The molecule has 0 N–H and O–H groups in total. The van der Waals surface area contributed by atoms with Gasteiger partial charge in [-0.3, -0.25) is 0 Å². The molecule has 0 spiro atoms. The van der Waals surface area contributed by atoms with E-state index in [1.807, 2.05) is 36.4 Å². The topological polar surface area (TPSA) is 125 Å². The standard InChI is InChI=1S/C48H48O11/c1-4-44(49)53-24-7-10-33-14-20-40-36(28-33)16-22-42-47(40)48-41-21-15-34(11-8-25-54-45(50)5-2)29-37(41)17-23-43(48)57-32-39(31-56-42)59-58-30-35-12-18-38(19-13-35)52-26-9-27-55-46(51)6-3/h4-6,12-14,17-20,23,28,34,39,42,47H,1-3,9,15-16,21-22,24-27,29-32H2/t34-,39?,42?,47-/m0/s1. The maximum atomic E-state index is 11.5. The second-order valence-electron chi connectivity index (χ2n) is 14.1. The van der Waals surface area contributed by atoms with Crippen molar-refractivity contribution in [2.24, 2.45) is 5.92 Å². The monoisotopic (exact) mass is 800 g/mol. The molecule has 0 bridgehead atoms. The van der Waals surface area contributed by atoms with Gasteiger partial charge in [0.15, 0.2) is 13.2 Å². The van der Waals surface area contributed by atoms with Gasteiger partial charge in [0.1, 0.15) is 30.8 Å². The van der Waals surface area contributed by atoms with E-state index in [1.165, 1.54) is 16.7 Å². The fourth-order valence-electron chi connectivity index (χ4n) is 7.37. The normalized spacial score (nSPS) is 18.8. The lowest BCUT2D eigenvalue weighted by molar-refractivity contribution is -0.343. The molecule has 3 aliphatic rings. The summed E-state index contributed by atoms with van der Waals surface area (Å²) < 4.78 is 34.2. The third-order valence-electron chi connectivity index (χ3n) is 10.2. The summed E-state index contributed by atoms with van der Waals surface area (Å²) in [7, 11) is 0. The maximum Gasteiger partial charge on any atom is 0.331 e. The van der Waals surface area contributed by atoms with Crippen LogP contribution in [0.1, 0.15) is 64.1 Å². The lowest BCUT2D eigenvalue weighted by Crippen LogP contribution is -2.33. The van der Waals surface area contributed by atoms with Gasteiger partial charge in [0.05, 0.1) is 25.9 Å². The smallest absolute Gasteiger partial charge is 0.331 e. The second kappa shape index (κ2) is 21.6. The number of aryl methyl sites for hydroxylation is 1. The quantitative estimate of drug-likeness (QED) is 0.0339. The number of hydrogen-bond donors (Lipinski definition) is 0. The molecule has 59 heavy (non-hydrogen) atoms. The van der Waals surface area contributed by atoms with Crippen molar-refractivity contribution in [3.05, 3.63) is 132 Å². The van der Waals surface area contributed by atoms with Crippen LogP contribution in [0.15, 0.2) is 92.6 Å². The van der Waals surface area contributed by atoms with Gasteiger partial charge in [-0.2, -0.15) is 0 Å². The molecular formula is C48H48O11. The minimum absolute atomic E-state index is 0.0178. The lowest BCUT2D eigenvalue weighted by atomic mass is 9.71. The van der Waals surface area contributed by atoms with Gasteiger partial charge in [-0.15, -0.1) is 0 Å². The predicted molar refractivity (Wildman–Crippen MR) is 218 cm³/mol. The summed E-state index contributed by atoms with van der Waals surface area (Å²) in [5, 5.41) is 0. The van der Waals surface area contributed by atoms with Crippen molar-refractivity contribution in [3.8, 4) is 35.2 Å². The van der Waals surface area contributed by atoms with Crippen LogP contribution in [-0.2, 0) is 69.0 Å². The van der Waals surface area contributed by atoms with Crippen LogP contribution in [0.5, 0.6) is 11.5 Å². The molecule has 0 aromatic heterocycles. The van der Waals surface area contributed by atoms with Crippen LogP contribution in [0.3, 0.4) is 0 Å². The number of carbonyl (C=O) groups excluding carboxylic acids is 3. The van der Waals surface area contributed by atoms with E-state index in [2.05, 4.69) is 61.6 Å². The Morgan fingerprint density at radius 2 is 1.56 bits per heavy atom. The molecule has 1 heterocycles. The Balaban J connectivity index is 1.16. The molecule has 6 rings (SSSR count). The van der Waals surface area contributed by atoms with Crippen LogP contribution in [0.2, 0.25) is 0 Å². The number of carbonyl (C=O) groups is 3. The average molecular weight is 801 g/mol. The van der Waals surface area contributed by atoms with Gasteiger partial charge in [0, 0.05) is 47.6 Å². The van der Waals surface area contributed by atoms with E-state index in [0.29, 0.717) is 18.8 Å². The summed E-state index contributed by atoms with van der Waals surface area (Å²) in [6.45, 7) is 11.6. The van der Waals surface area contributed by atoms with E-state index in [4.69, 9.17) is 38.2 Å². The van der Waals surface area contributed by atoms with Crippen LogP contribution >= 0.6 is 0 Å². The van der Waals surface area contributed by atoms with E-state index >= 15 is 0 Å². The third-order valence-corrected chi connectivity index (χ3v) is 10.2. The van der Waals surface area contributed by atoms with E-state index in [0.717, 1.165) is 78.3 Å². The van der Waals surface area contributed by atoms with Crippen LogP contribution in [0.25, 0.3) is 0 Å². The number of ether oxygens (including phenoxy) is 6. The molecule has 3 aromatic carbocycles. The molecular weight excluding hydrogens is 753 g/mol. The average Bonchev–Trinajstić information content (AvgIpc) is 3.34. The maximum absolute atomic E-state index is 11.5. The van der Waals surface area contributed by atoms with Crippen molar-refractivity contribution in [2.75, 3.05) is 39.6 Å². The zero-order chi connectivity index (χ0) is 41.4. The van der Waals surface area contributed by atoms with Crippen LogP contribution < -0.4 is 9.47 Å². The van der Waals surface area contributed by atoms with E-state index in [-0.39, 0.29) is 57.6 Å². The summed E-state index contributed by atoms with van der Waals surface area (Å²) in [6.07, 6.45) is 7.27. The summed E-state index contributed by atoms with van der Waals surface area (Å²) in [5.74, 6) is 12.4. The number of hydrogen-bond acceptors (Lipinski definition) is 11. The van der Waals surface area contributed by atoms with Crippen molar-refractivity contribution in [2.45, 2.75) is 63.3 Å². The molecule has 2 aliphatic carbocycles. The van der Waals surface area contributed by atoms with E-state index in [1.54, 1.807) is 0 Å². The highest BCUT2D eigenvalue weighted by molar-refractivity contribution is 5.82. The summed E-state index contributed by atoms with van der Waals surface area (Å²) in [4.78, 5) is 45.8. The Bertz CT molecular complexity index is 2130. The van der Waals surface area contributed by atoms with E-state index in [9.17, 15) is 14.4 Å². The fraction of sp³-hybridized carbons (Fsp3) is 0.354. The highest BCUT2D eigenvalue weighted by Gasteiger charge is 2.38. The molecule has 0 saturated heterocycles. The highest BCUT2D eigenvalue weighted by Crippen LogP contribution is 2.47. The first-order chi connectivity index (χ1) is 28.8. The summed E-state index contributed by atoms with van der Waals surface area (Å²) in [5.41, 5.74) is 7.66. The lowest BCUT2D eigenvalue weighted by Gasteiger charge is -2.37. The molecule has 11 heteroatoms. The summed E-state index contributed by atoms with van der Waals surface area (Å²) >= 11 is 0.